The molecular weight excluding hydrogens is 252 g/mol. The second kappa shape index (κ2) is 5.37. The van der Waals surface area contributed by atoms with E-state index >= 15 is 0 Å². The number of nitrogens with zero attached hydrogens (tertiary/aromatic N) is 3. The number of fused-ring (bicyclic) bond motifs is 2. The van der Waals surface area contributed by atoms with Gasteiger partial charge in [-0.25, -0.2) is 0 Å². The highest BCUT2D eigenvalue weighted by atomic mass is 16.5. The Morgan fingerprint density at radius 3 is 3.15 bits per heavy atom. The number of hydrogen-bond acceptors (Lipinski definition) is 4. The van der Waals surface area contributed by atoms with Crippen LogP contribution in [0.25, 0.3) is 0 Å². The van der Waals surface area contributed by atoms with E-state index in [1.165, 1.54) is 51.0 Å². The summed E-state index contributed by atoms with van der Waals surface area (Å²) in [6, 6.07) is 0.633. The molecule has 4 unspecified atom stereocenters. The van der Waals surface area contributed by atoms with Gasteiger partial charge < -0.3 is 15.0 Å². The van der Waals surface area contributed by atoms with Crippen molar-refractivity contribution in [1.29, 1.82) is 0 Å². The molecule has 4 heterocycles. The van der Waals surface area contributed by atoms with Crippen molar-refractivity contribution in [3.8, 4) is 0 Å². The molecule has 0 saturated carbocycles. The lowest BCUT2D eigenvalue weighted by atomic mass is 9.94. The molecule has 3 fully saturated rings. The fourth-order valence-electron chi connectivity index (χ4n) is 3.89. The van der Waals surface area contributed by atoms with Crippen LogP contribution in [-0.2, 0) is 11.3 Å². The van der Waals surface area contributed by atoms with Crippen LogP contribution in [0.2, 0.25) is 0 Å². The van der Waals surface area contributed by atoms with E-state index in [9.17, 15) is 0 Å². The highest BCUT2D eigenvalue weighted by Gasteiger charge is 2.34. The quantitative estimate of drug-likeness (QED) is 0.906. The smallest absolute Gasteiger partial charge is 0.0771 e. The SMILES string of the molecule is c1nn(CC2CCCO2)cc1NC1CCN2CCC1C2. The monoisotopic (exact) mass is 276 g/mol. The lowest BCUT2D eigenvalue weighted by molar-refractivity contribution is 0.0940. The summed E-state index contributed by atoms with van der Waals surface area (Å²) in [7, 11) is 0. The number of piperidine rings is 1. The summed E-state index contributed by atoms with van der Waals surface area (Å²) in [6.45, 7) is 5.63. The maximum Gasteiger partial charge on any atom is 0.0771 e. The molecule has 3 aliphatic heterocycles. The van der Waals surface area contributed by atoms with Crippen LogP contribution < -0.4 is 5.32 Å². The summed E-state index contributed by atoms with van der Waals surface area (Å²) in [5.41, 5.74) is 1.17. The fraction of sp³-hybridized carbons (Fsp3) is 0.800. The molecule has 0 aromatic carbocycles. The first-order chi connectivity index (χ1) is 9.87. The van der Waals surface area contributed by atoms with E-state index in [0.29, 0.717) is 12.1 Å². The molecule has 0 spiro atoms. The Bertz CT molecular complexity index is 454. The number of anilines is 1. The Hall–Kier alpha value is -1.07. The van der Waals surface area contributed by atoms with Crippen molar-refractivity contribution in [1.82, 2.24) is 14.7 Å². The largest absolute Gasteiger partial charge is 0.379 e. The Kier molecular flexibility index (Phi) is 3.40. The van der Waals surface area contributed by atoms with E-state index in [0.717, 1.165) is 19.1 Å². The maximum atomic E-state index is 5.67. The van der Waals surface area contributed by atoms with Crippen molar-refractivity contribution in [2.75, 3.05) is 31.6 Å². The topological polar surface area (TPSA) is 42.3 Å². The first kappa shape index (κ1) is 12.7. The molecule has 1 N–H and O–H groups in total. The number of nitrogens with one attached hydrogen (secondary N) is 1. The average Bonchev–Trinajstić information content (AvgIpc) is 3.16. The molecular formula is C15H24N4O. The van der Waals surface area contributed by atoms with Gasteiger partial charge in [0, 0.05) is 31.9 Å². The zero-order chi connectivity index (χ0) is 13.4. The summed E-state index contributed by atoms with van der Waals surface area (Å²) >= 11 is 0. The van der Waals surface area contributed by atoms with Gasteiger partial charge in [0.1, 0.15) is 0 Å². The molecule has 110 valence electrons. The van der Waals surface area contributed by atoms with Crippen LogP contribution in [0.5, 0.6) is 0 Å². The van der Waals surface area contributed by atoms with Crippen LogP contribution in [0.1, 0.15) is 25.7 Å². The van der Waals surface area contributed by atoms with Crippen molar-refractivity contribution in [3.63, 3.8) is 0 Å². The molecule has 1 aromatic heterocycles. The number of ether oxygens (including phenoxy) is 1. The van der Waals surface area contributed by atoms with Gasteiger partial charge in [0.25, 0.3) is 0 Å². The Labute approximate surface area is 120 Å². The Morgan fingerprint density at radius 2 is 2.25 bits per heavy atom. The summed E-state index contributed by atoms with van der Waals surface area (Å²) in [4.78, 5) is 2.59. The molecule has 20 heavy (non-hydrogen) atoms. The normalized spacial score (nSPS) is 36.4. The van der Waals surface area contributed by atoms with E-state index in [-0.39, 0.29) is 0 Å². The van der Waals surface area contributed by atoms with Gasteiger partial charge in [-0.2, -0.15) is 5.10 Å². The molecule has 3 saturated heterocycles. The van der Waals surface area contributed by atoms with Crippen molar-refractivity contribution in [3.05, 3.63) is 12.4 Å². The standard InChI is InChI=1S/C15H24N4O/c1-2-14(20-7-1)11-19-10-13(8-16-19)17-15-4-6-18-5-3-12(15)9-18/h8,10,12,14-15,17H,1-7,9,11H2. The minimum absolute atomic E-state index is 0.362. The van der Waals surface area contributed by atoms with Crippen molar-refractivity contribution < 1.29 is 4.74 Å². The fourth-order valence-corrected chi connectivity index (χ4v) is 3.89. The minimum atomic E-state index is 0.362. The van der Waals surface area contributed by atoms with Gasteiger partial charge in [0.05, 0.1) is 24.5 Å². The molecule has 5 nitrogen and oxygen atoms in total. The lowest BCUT2D eigenvalue weighted by Crippen LogP contribution is -2.39. The molecule has 4 rings (SSSR count). The molecule has 0 aliphatic carbocycles. The van der Waals surface area contributed by atoms with Crippen LogP contribution >= 0.6 is 0 Å². The van der Waals surface area contributed by atoms with E-state index < -0.39 is 0 Å². The first-order valence-electron chi connectivity index (χ1n) is 8.00. The van der Waals surface area contributed by atoms with E-state index in [1.807, 2.05) is 10.9 Å². The summed E-state index contributed by atoms with van der Waals surface area (Å²) in [5.74, 6) is 0.824. The van der Waals surface area contributed by atoms with Gasteiger partial charge in [-0.3, -0.25) is 4.68 Å². The van der Waals surface area contributed by atoms with Crippen LogP contribution in [0.3, 0.4) is 0 Å². The van der Waals surface area contributed by atoms with Crippen LogP contribution in [0, 0.1) is 5.92 Å². The van der Waals surface area contributed by atoms with Gasteiger partial charge in [-0.05, 0) is 38.1 Å². The van der Waals surface area contributed by atoms with Gasteiger partial charge >= 0.3 is 0 Å². The Balaban J connectivity index is 1.35. The van der Waals surface area contributed by atoms with Gasteiger partial charge in [-0.15, -0.1) is 0 Å². The molecule has 0 radical (unpaired) electrons. The summed E-state index contributed by atoms with van der Waals surface area (Å²) < 4.78 is 7.70. The summed E-state index contributed by atoms with van der Waals surface area (Å²) in [6.07, 6.45) is 9.45. The van der Waals surface area contributed by atoms with E-state index in [1.54, 1.807) is 0 Å². The zero-order valence-corrected chi connectivity index (χ0v) is 12.0. The number of hydrogen-bond donors (Lipinski definition) is 1. The average molecular weight is 276 g/mol. The zero-order valence-electron chi connectivity index (χ0n) is 12.0. The molecule has 2 bridgehead atoms. The minimum Gasteiger partial charge on any atom is -0.379 e. The van der Waals surface area contributed by atoms with Gasteiger partial charge in [0.15, 0.2) is 0 Å². The van der Waals surface area contributed by atoms with Crippen molar-refractivity contribution in [2.24, 2.45) is 5.92 Å². The molecule has 4 atom stereocenters. The third kappa shape index (κ3) is 2.56. The van der Waals surface area contributed by atoms with E-state index in [4.69, 9.17) is 4.74 Å². The highest BCUT2D eigenvalue weighted by molar-refractivity contribution is 5.39. The van der Waals surface area contributed by atoms with Gasteiger partial charge in [0.2, 0.25) is 0 Å². The van der Waals surface area contributed by atoms with Crippen LogP contribution in [-0.4, -0.2) is 53.1 Å². The molecule has 0 amide bonds. The second-order valence-electron chi connectivity index (χ2n) is 6.47. The predicted octanol–water partition coefficient (Wildman–Crippen LogP) is 1.57. The third-order valence-corrected chi connectivity index (χ3v) is 5.03. The number of rotatable bonds is 4. The van der Waals surface area contributed by atoms with E-state index in [2.05, 4.69) is 21.5 Å². The molecule has 5 heteroatoms. The van der Waals surface area contributed by atoms with Crippen LogP contribution in [0.15, 0.2) is 12.4 Å². The summed E-state index contributed by atoms with van der Waals surface area (Å²) in [5, 5.41) is 8.17. The Morgan fingerprint density at radius 1 is 1.30 bits per heavy atom. The third-order valence-electron chi connectivity index (χ3n) is 5.03. The van der Waals surface area contributed by atoms with Crippen LogP contribution in [0.4, 0.5) is 5.69 Å². The van der Waals surface area contributed by atoms with Gasteiger partial charge in [-0.1, -0.05) is 0 Å². The lowest BCUT2D eigenvalue weighted by Gasteiger charge is -2.31. The predicted molar refractivity (Wildman–Crippen MR) is 77.8 cm³/mol. The van der Waals surface area contributed by atoms with Crippen molar-refractivity contribution in [2.45, 2.75) is 44.4 Å². The first-order valence-corrected chi connectivity index (χ1v) is 8.00. The molecule has 3 aliphatic rings. The second-order valence-corrected chi connectivity index (χ2v) is 6.47. The van der Waals surface area contributed by atoms with Crippen molar-refractivity contribution >= 4 is 5.69 Å². The highest BCUT2D eigenvalue weighted by Crippen LogP contribution is 2.29. The maximum absolute atomic E-state index is 5.67. The molecule has 1 aromatic rings. The number of aromatic nitrogens is 2.